The first-order valence-corrected chi connectivity index (χ1v) is 8.87. The van der Waals surface area contributed by atoms with Crippen molar-refractivity contribution in [2.75, 3.05) is 25.5 Å². The van der Waals surface area contributed by atoms with Gasteiger partial charge in [-0.2, -0.15) is 0 Å². The molecule has 2 aromatic carbocycles. The third-order valence-electron chi connectivity index (χ3n) is 4.22. The molecule has 3 rings (SSSR count). The van der Waals surface area contributed by atoms with Gasteiger partial charge in [0.1, 0.15) is 6.61 Å². The lowest BCUT2D eigenvalue weighted by atomic mass is 10.1. The minimum atomic E-state index is -0.329. The Morgan fingerprint density at radius 1 is 1.07 bits per heavy atom. The predicted octanol–water partition coefficient (Wildman–Crippen LogP) is 2.33. The van der Waals surface area contributed by atoms with Crippen molar-refractivity contribution in [3.05, 3.63) is 54.1 Å². The predicted molar refractivity (Wildman–Crippen MR) is 102 cm³/mol. The summed E-state index contributed by atoms with van der Waals surface area (Å²) >= 11 is 0. The summed E-state index contributed by atoms with van der Waals surface area (Å²) in [6.45, 7) is 0.695. The fourth-order valence-corrected chi connectivity index (χ4v) is 2.77. The zero-order chi connectivity index (χ0) is 19.1. The molecule has 7 nitrogen and oxygen atoms in total. The highest BCUT2D eigenvalue weighted by atomic mass is 16.6. The number of carbonyl (C=O) groups excluding carboxylic acids is 2. The summed E-state index contributed by atoms with van der Waals surface area (Å²) in [5, 5.41) is 8.23. The van der Waals surface area contributed by atoms with Crippen LogP contribution < -0.4 is 25.4 Å². The number of fused-ring (bicyclic) bond motifs is 1. The van der Waals surface area contributed by atoms with Crippen molar-refractivity contribution < 1.29 is 19.1 Å². The lowest BCUT2D eigenvalue weighted by molar-refractivity contribution is -0.120. The van der Waals surface area contributed by atoms with E-state index in [-0.39, 0.29) is 18.0 Å². The largest absolute Gasteiger partial charge is 0.486 e. The van der Waals surface area contributed by atoms with E-state index in [4.69, 9.17) is 9.47 Å². The van der Waals surface area contributed by atoms with Crippen molar-refractivity contribution in [3.63, 3.8) is 0 Å². The Morgan fingerprint density at radius 3 is 2.63 bits per heavy atom. The monoisotopic (exact) mass is 369 g/mol. The number of aryl methyl sites for hydroxylation is 1. The maximum Gasteiger partial charge on any atom is 0.319 e. The smallest absolute Gasteiger partial charge is 0.319 e. The summed E-state index contributed by atoms with van der Waals surface area (Å²) in [6.07, 6.45) is 0.657. The molecule has 3 N–H and O–H groups in total. The fraction of sp³-hybridized carbons (Fsp3) is 0.300. The van der Waals surface area contributed by atoms with E-state index in [1.165, 1.54) is 0 Å². The van der Waals surface area contributed by atoms with Crippen LogP contribution in [0.5, 0.6) is 11.5 Å². The van der Waals surface area contributed by atoms with Crippen LogP contribution >= 0.6 is 0 Å². The quantitative estimate of drug-likeness (QED) is 0.729. The second-order valence-electron chi connectivity index (χ2n) is 6.16. The van der Waals surface area contributed by atoms with Crippen molar-refractivity contribution in [2.24, 2.45) is 0 Å². The number of benzene rings is 2. The molecule has 0 spiro atoms. The average molecular weight is 369 g/mol. The summed E-state index contributed by atoms with van der Waals surface area (Å²) in [7, 11) is 1.61. The molecular formula is C20H23N3O4. The average Bonchev–Trinajstić information content (AvgIpc) is 2.71. The van der Waals surface area contributed by atoms with Crippen LogP contribution in [0.1, 0.15) is 12.0 Å². The molecule has 1 aliphatic heterocycles. The number of hydrogen-bond acceptors (Lipinski definition) is 4. The molecule has 0 saturated carbocycles. The van der Waals surface area contributed by atoms with Crippen molar-refractivity contribution in [1.82, 2.24) is 10.6 Å². The van der Waals surface area contributed by atoms with Gasteiger partial charge >= 0.3 is 6.03 Å². The number of nitrogens with one attached hydrogen (secondary N) is 3. The second-order valence-corrected chi connectivity index (χ2v) is 6.16. The Kier molecular flexibility index (Phi) is 6.14. The van der Waals surface area contributed by atoms with Crippen molar-refractivity contribution >= 4 is 17.6 Å². The van der Waals surface area contributed by atoms with Gasteiger partial charge in [0.25, 0.3) is 0 Å². The van der Waals surface area contributed by atoms with Gasteiger partial charge in [0.05, 0.1) is 6.54 Å². The van der Waals surface area contributed by atoms with Gasteiger partial charge in [-0.05, 0) is 30.2 Å². The van der Waals surface area contributed by atoms with Gasteiger partial charge < -0.3 is 25.4 Å². The number of anilines is 1. The van der Waals surface area contributed by atoms with Gasteiger partial charge in [-0.1, -0.05) is 30.3 Å². The Hall–Kier alpha value is -3.22. The number of para-hydroxylation sites is 3. The number of carbonyl (C=O) groups is 2. The van der Waals surface area contributed by atoms with E-state index < -0.39 is 0 Å². The van der Waals surface area contributed by atoms with E-state index in [1.54, 1.807) is 7.05 Å². The van der Waals surface area contributed by atoms with Gasteiger partial charge in [0.2, 0.25) is 5.91 Å². The lowest BCUT2D eigenvalue weighted by Gasteiger charge is -2.26. The fourth-order valence-electron chi connectivity index (χ4n) is 2.77. The third-order valence-corrected chi connectivity index (χ3v) is 4.22. The molecule has 0 aromatic heterocycles. The van der Waals surface area contributed by atoms with Gasteiger partial charge in [-0.3, -0.25) is 4.79 Å². The first kappa shape index (κ1) is 18.6. The standard InChI is InChI=1S/C20H23N3O4/c1-21-19(24)11-10-14-6-2-3-7-16(14)23-20(25)22-12-15-13-26-17-8-4-5-9-18(17)27-15/h2-9,15H,10-13H2,1H3,(H,21,24)(H2,22,23,25)/t15-/m0/s1. The summed E-state index contributed by atoms with van der Waals surface area (Å²) in [4.78, 5) is 23.7. The molecule has 1 atom stereocenters. The van der Waals surface area contributed by atoms with Crippen LogP contribution in [0.4, 0.5) is 10.5 Å². The minimum absolute atomic E-state index is 0.0380. The summed E-state index contributed by atoms with van der Waals surface area (Å²) in [5.41, 5.74) is 1.59. The highest BCUT2D eigenvalue weighted by Crippen LogP contribution is 2.30. The van der Waals surface area contributed by atoms with Crippen LogP contribution in [0.15, 0.2) is 48.5 Å². The normalized spacial score (nSPS) is 14.9. The van der Waals surface area contributed by atoms with Crippen molar-refractivity contribution in [1.29, 1.82) is 0 Å². The zero-order valence-corrected chi connectivity index (χ0v) is 15.2. The highest BCUT2D eigenvalue weighted by molar-refractivity contribution is 5.90. The molecular weight excluding hydrogens is 346 g/mol. The maximum atomic E-state index is 12.2. The second kappa shape index (κ2) is 8.93. The van der Waals surface area contributed by atoms with Gasteiger partial charge in [-0.25, -0.2) is 4.79 Å². The topological polar surface area (TPSA) is 88.7 Å². The van der Waals surface area contributed by atoms with Crippen LogP contribution in [0.3, 0.4) is 0 Å². The molecule has 0 bridgehead atoms. The van der Waals surface area contributed by atoms with E-state index in [0.29, 0.717) is 43.2 Å². The zero-order valence-electron chi connectivity index (χ0n) is 15.2. The molecule has 1 aliphatic rings. The number of urea groups is 1. The van der Waals surface area contributed by atoms with Crippen LogP contribution in [0.2, 0.25) is 0 Å². The highest BCUT2D eigenvalue weighted by Gasteiger charge is 2.21. The molecule has 0 saturated heterocycles. The molecule has 3 amide bonds. The Bertz CT molecular complexity index is 809. The summed E-state index contributed by atoms with van der Waals surface area (Å²) in [5.74, 6) is 1.35. The van der Waals surface area contributed by atoms with E-state index in [1.807, 2.05) is 48.5 Å². The van der Waals surface area contributed by atoms with Crippen molar-refractivity contribution in [2.45, 2.75) is 18.9 Å². The first-order chi connectivity index (χ1) is 13.2. The number of amides is 3. The minimum Gasteiger partial charge on any atom is -0.486 e. The Labute approximate surface area is 158 Å². The summed E-state index contributed by atoms with van der Waals surface area (Å²) < 4.78 is 11.5. The van der Waals surface area contributed by atoms with E-state index in [2.05, 4.69) is 16.0 Å². The molecule has 2 aromatic rings. The number of ether oxygens (including phenoxy) is 2. The van der Waals surface area contributed by atoms with Crippen LogP contribution in [0, 0.1) is 0 Å². The maximum absolute atomic E-state index is 12.2. The third kappa shape index (κ3) is 5.13. The van der Waals surface area contributed by atoms with Crippen LogP contribution in [0.25, 0.3) is 0 Å². The molecule has 1 heterocycles. The van der Waals surface area contributed by atoms with Crippen molar-refractivity contribution in [3.8, 4) is 11.5 Å². The molecule has 0 unspecified atom stereocenters. The molecule has 0 radical (unpaired) electrons. The Balaban J connectivity index is 1.51. The van der Waals surface area contributed by atoms with E-state index in [9.17, 15) is 9.59 Å². The lowest BCUT2D eigenvalue weighted by Crippen LogP contribution is -2.42. The van der Waals surface area contributed by atoms with Crippen LogP contribution in [-0.2, 0) is 11.2 Å². The molecule has 27 heavy (non-hydrogen) atoms. The first-order valence-electron chi connectivity index (χ1n) is 8.87. The molecule has 7 heteroatoms. The van der Waals surface area contributed by atoms with E-state index in [0.717, 1.165) is 5.56 Å². The SMILES string of the molecule is CNC(=O)CCc1ccccc1NC(=O)NC[C@H]1COc2ccccc2O1. The van der Waals surface area contributed by atoms with Gasteiger partial charge in [-0.15, -0.1) is 0 Å². The van der Waals surface area contributed by atoms with Gasteiger partial charge in [0.15, 0.2) is 17.6 Å². The Morgan fingerprint density at radius 2 is 1.81 bits per heavy atom. The molecule has 142 valence electrons. The van der Waals surface area contributed by atoms with Crippen LogP contribution in [-0.4, -0.2) is 38.2 Å². The molecule has 0 fully saturated rings. The number of rotatable bonds is 6. The summed E-state index contributed by atoms with van der Waals surface area (Å²) in [6, 6.07) is 14.6. The molecule has 0 aliphatic carbocycles. The van der Waals surface area contributed by atoms with E-state index >= 15 is 0 Å². The van der Waals surface area contributed by atoms with Gasteiger partial charge in [0, 0.05) is 19.2 Å². The number of hydrogen-bond donors (Lipinski definition) is 3.